The molecule has 2 aromatic rings. The van der Waals surface area contributed by atoms with Crippen LogP contribution in [-0.4, -0.2) is 16.0 Å². The second kappa shape index (κ2) is 5.03. The van der Waals surface area contributed by atoms with Gasteiger partial charge in [0.25, 0.3) is 0 Å². The molecule has 4 nitrogen and oxygen atoms in total. The first-order chi connectivity index (χ1) is 9.24. The van der Waals surface area contributed by atoms with Crippen LogP contribution in [0.4, 0.5) is 11.8 Å². The van der Waals surface area contributed by atoms with Crippen LogP contribution in [0.3, 0.4) is 0 Å². The topological polar surface area (TPSA) is 63.8 Å². The van der Waals surface area contributed by atoms with Crippen molar-refractivity contribution in [3.05, 3.63) is 24.3 Å². The van der Waals surface area contributed by atoms with E-state index in [1.54, 1.807) is 0 Å². The molecule has 0 radical (unpaired) electrons. The van der Waals surface area contributed by atoms with Crippen molar-refractivity contribution in [1.29, 1.82) is 0 Å². The smallest absolute Gasteiger partial charge is 0.222 e. The van der Waals surface area contributed by atoms with Crippen LogP contribution >= 0.6 is 0 Å². The third-order valence-corrected chi connectivity index (χ3v) is 4.05. The van der Waals surface area contributed by atoms with Crippen LogP contribution in [0, 0.1) is 5.92 Å². The summed E-state index contributed by atoms with van der Waals surface area (Å²) in [6.07, 6.45) is 5.13. The number of para-hydroxylation sites is 1. The Morgan fingerprint density at radius 1 is 1.16 bits per heavy atom. The Labute approximate surface area is 113 Å². The van der Waals surface area contributed by atoms with Crippen LogP contribution in [0.15, 0.2) is 24.3 Å². The highest BCUT2D eigenvalue weighted by atomic mass is 15.1. The fourth-order valence-corrected chi connectivity index (χ4v) is 2.91. The van der Waals surface area contributed by atoms with Crippen LogP contribution in [0.2, 0.25) is 0 Å². The van der Waals surface area contributed by atoms with Crippen molar-refractivity contribution in [2.75, 3.05) is 11.1 Å². The molecule has 3 N–H and O–H groups in total. The standard InChI is InChI=1S/C15H20N4/c1-10-6-2-4-8-12(10)17-14-11-7-3-5-9-13(11)18-15(16)19-14/h3,5,7,9-10,12H,2,4,6,8H2,1H3,(H3,16,17,18,19). The van der Waals surface area contributed by atoms with Crippen molar-refractivity contribution in [2.45, 2.75) is 38.6 Å². The molecule has 0 spiro atoms. The van der Waals surface area contributed by atoms with Gasteiger partial charge in [-0.15, -0.1) is 0 Å². The minimum absolute atomic E-state index is 0.338. The van der Waals surface area contributed by atoms with E-state index in [2.05, 4.69) is 22.2 Å². The molecule has 1 aliphatic carbocycles. The van der Waals surface area contributed by atoms with Crippen molar-refractivity contribution in [3.63, 3.8) is 0 Å². The lowest BCUT2D eigenvalue weighted by Gasteiger charge is -2.30. The van der Waals surface area contributed by atoms with Gasteiger partial charge in [0.05, 0.1) is 5.52 Å². The lowest BCUT2D eigenvalue weighted by molar-refractivity contribution is 0.349. The number of anilines is 2. The Bertz CT molecular complexity index is 581. The monoisotopic (exact) mass is 256 g/mol. The van der Waals surface area contributed by atoms with Gasteiger partial charge in [0.2, 0.25) is 5.95 Å². The SMILES string of the molecule is CC1CCCCC1Nc1nc(N)nc2ccccc12. The van der Waals surface area contributed by atoms with Gasteiger partial charge in [-0.3, -0.25) is 0 Å². The van der Waals surface area contributed by atoms with E-state index in [-0.39, 0.29) is 0 Å². The zero-order valence-corrected chi connectivity index (χ0v) is 11.3. The second-order valence-electron chi connectivity index (χ2n) is 5.46. The summed E-state index contributed by atoms with van der Waals surface area (Å²) in [7, 11) is 0. The highest BCUT2D eigenvalue weighted by Crippen LogP contribution is 2.29. The molecule has 2 atom stereocenters. The number of aromatic nitrogens is 2. The predicted molar refractivity (Wildman–Crippen MR) is 79.0 cm³/mol. The van der Waals surface area contributed by atoms with Gasteiger partial charge in [-0.05, 0) is 30.9 Å². The van der Waals surface area contributed by atoms with E-state index < -0.39 is 0 Å². The zero-order valence-electron chi connectivity index (χ0n) is 11.3. The summed E-state index contributed by atoms with van der Waals surface area (Å²) in [6.45, 7) is 2.31. The molecule has 100 valence electrons. The number of rotatable bonds is 2. The largest absolute Gasteiger partial charge is 0.368 e. The number of hydrogen-bond donors (Lipinski definition) is 2. The van der Waals surface area contributed by atoms with Gasteiger partial charge in [0.15, 0.2) is 0 Å². The Morgan fingerprint density at radius 3 is 2.79 bits per heavy atom. The average Bonchev–Trinajstić information content (AvgIpc) is 2.41. The summed E-state index contributed by atoms with van der Waals surface area (Å²) in [5, 5.41) is 4.63. The molecule has 4 heteroatoms. The van der Waals surface area contributed by atoms with Crippen molar-refractivity contribution < 1.29 is 0 Å². The maximum atomic E-state index is 5.80. The Kier molecular flexibility index (Phi) is 3.23. The maximum Gasteiger partial charge on any atom is 0.222 e. The number of benzene rings is 1. The Morgan fingerprint density at radius 2 is 1.95 bits per heavy atom. The zero-order chi connectivity index (χ0) is 13.2. The number of nitrogens with zero attached hydrogens (tertiary/aromatic N) is 2. The number of nitrogen functional groups attached to an aromatic ring is 1. The van der Waals surface area contributed by atoms with E-state index in [0.29, 0.717) is 17.9 Å². The Hall–Kier alpha value is -1.84. The molecule has 1 aromatic carbocycles. The van der Waals surface area contributed by atoms with Gasteiger partial charge in [-0.2, -0.15) is 4.98 Å². The lowest BCUT2D eigenvalue weighted by atomic mass is 9.86. The van der Waals surface area contributed by atoms with Crippen LogP contribution < -0.4 is 11.1 Å². The molecule has 1 saturated carbocycles. The van der Waals surface area contributed by atoms with Gasteiger partial charge < -0.3 is 11.1 Å². The van der Waals surface area contributed by atoms with E-state index in [0.717, 1.165) is 16.7 Å². The molecular weight excluding hydrogens is 236 g/mol. The average molecular weight is 256 g/mol. The summed E-state index contributed by atoms with van der Waals surface area (Å²) in [5.41, 5.74) is 6.71. The molecule has 0 saturated heterocycles. The van der Waals surface area contributed by atoms with Crippen LogP contribution in [0.5, 0.6) is 0 Å². The summed E-state index contributed by atoms with van der Waals surface area (Å²) in [5.74, 6) is 1.90. The van der Waals surface area contributed by atoms with Crippen molar-refractivity contribution in [3.8, 4) is 0 Å². The van der Waals surface area contributed by atoms with E-state index in [1.165, 1.54) is 25.7 Å². The van der Waals surface area contributed by atoms with Crippen LogP contribution in [-0.2, 0) is 0 Å². The predicted octanol–water partition coefficient (Wildman–Crippen LogP) is 3.20. The highest BCUT2D eigenvalue weighted by Gasteiger charge is 2.22. The summed E-state index contributed by atoms with van der Waals surface area (Å²) in [4.78, 5) is 8.66. The Balaban J connectivity index is 1.95. The van der Waals surface area contributed by atoms with Crippen LogP contribution in [0.1, 0.15) is 32.6 Å². The van der Waals surface area contributed by atoms with Gasteiger partial charge in [-0.25, -0.2) is 4.98 Å². The number of nitrogens with one attached hydrogen (secondary N) is 1. The number of fused-ring (bicyclic) bond motifs is 1. The van der Waals surface area contributed by atoms with E-state index in [1.807, 2.05) is 24.3 Å². The molecule has 1 aliphatic rings. The fraction of sp³-hybridized carbons (Fsp3) is 0.467. The number of hydrogen-bond acceptors (Lipinski definition) is 4. The minimum atomic E-state index is 0.338. The first-order valence-electron chi connectivity index (χ1n) is 7.03. The molecule has 1 aromatic heterocycles. The van der Waals surface area contributed by atoms with Gasteiger partial charge in [0.1, 0.15) is 5.82 Å². The molecule has 0 aliphatic heterocycles. The van der Waals surface area contributed by atoms with Crippen molar-refractivity contribution in [1.82, 2.24) is 9.97 Å². The summed E-state index contributed by atoms with van der Waals surface area (Å²) in [6, 6.07) is 8.50. The summed E-state index contributed by atoms with van der Waals surface area (Å²) >= 11 is 0. The molecule has 0 bridgehead atoms. The minimum Gasteiger partial charge on any atom is -0.368 e. The quantitative estimate of drug-likeness (QED) is 0.866. The second-order valence-corrected chi connectivity index (χ2v) is 5.46. The molecule has 3 rings (SSSR count). The first-order valence-corrected chi connectivity index (χ1v) is 7.03. The van der Waals surface area contributed by atoms with Gasteiger partial charge in [-0.1, -0.05) is 31.9 Å². The normalized spacial score (nSPS) is 23.4. The number of nitrogens with two attached hydrogens (primary N) is 1. The van der Waals surface area contributed by atoms with Gasteiger partial charge >= 0.3 is 0 Å². The third kappa shape index (κ3) is 2.48. The highest BCUT2D eigenvalue weighted by molar-refractivity contribution is 5.89. The van der Waals surface area contributed by atoms with E-state index in [4.69, 9.17) is 5.73 Å². The molecule has 1 fully saturated rings. The van der Waals surface area contributed by atoms with Crippen molar-refractivity contribution in [2.24, 2.45) is 5.92 Å². The summed E-state index contributed by atoms with van der Waals surface area (Å²) < 4.78 is 0. The molecule has 19 heavy (non-hydrogen) atoms. The van der Waals surface area contributed by atoms with E-state index in [9.17, 15) is 0 Å². The fourth-order valence-electron chi connectivity index (χ4n) is 2.91. The third-order valence-electron chi connectivity index (χ3n) is 4.05. The molecular formula is C15H20N4. The van der Waals surface area contributed by atoms with Crippen LogP contribution in [0.25, 0.3) is 10.9 Å². The molecule has 0 amide bonds. The molecule has 2 unspecified atom stereocenters. The first kappa shape index (κ1) is 12.2. The van der Waals surface area contributed by atoms with Gasteiger partial charge in [0, 0.05) is 11.4 Å². The van der Waals surface area contributed by atoms with E-state index >= 15 is 0 Å². The lowest BCUT2D eigenvalue weighted by Crippen LogP contribution is -2.30. The maximum absolute atomic E-state index is 5.80. The van der Waals surface area contributed by atoms with Crippen molar-refractivity contribution >= 4 is 22.7 Å². The molecule has 1 heterocycles.